The van der Waals surface area contributed by atoms with Crippen molar-refractivity contribution < 1.29 is 9.72 Å². The Hall–Kier alpha value is -2.15. The van der Waals surface area contributed by atoms with E-state index in [1.54, 1.807) is 4.90 Å². The van der Waals surface area contributed by atoms with Crippen molar-refractivity contribution in [2.24, 2.45) is 0 Å². The Balaban J connectivity index is 2.14. The molecule has 0 unspecified atom stereocenters. The number of nitrogens with zero attached hydrogens (tertiary/aromatic N) is 2. The van der Waals surface area contributed by atoms with Crippen LogP contribution in [0.2, 0.25) is 0 Å². The average molecular weight is 278 g/mol. The van der Waals surface area contributed by atoms with Crippen LogP contribution in [-0.4, -0.2) is 41.9 Å². The quantitative estimate of drug-likeness (QED) is 0.488. The van der Waals surface area contributed by atoms with Crippen molar-refractivity contribution in [2.45, 2.75) is 18.9 Å². The molecule has 0 radical (unpaired) electrons. The third-order valence-electron chi connectivity index (χ3n) is 3.66. The van der Waals surface area contributed by atoms with Crippen LogP contribution in [0.4, 0.5) is 11.4 Å². The van der Waals surface area contributed by atoms with Crippen molar-refractivity contribution in [3.05, 3.63) is 33.9 Å². The molecule has 1 aliphatic heterocycles. The number of nitrogen functional groups attached to an aromatic ring is 1. The van der Waals surface area contributed by atoms with Gasteiger partial charge in [-0.25, -0.2) is 0 Å². The number of hydrogen-bond acceptors (Lipinski definition) is 5. The first-order valence-corrected chi connectivity index (χ1v) is 6.53. The van der Waals surface area contributed by atoms with Gasteiger partial charge in [0.05, 0.1) is 4.92 Å². The minimum atomic E-state index is -0.570. The molecule has 1 aliphatic rings. The van der Waals surface area contributed by atoms with Crippen LogP contribution in [0.3, 0.4) is 0 Å². The lowest BCUT2D eigenvalue weighted by atomic mass is 10.0. The van der Waals surface area contributed by atoms with Gasteiger partial charge in [-0.2, -0.15) is 0 Å². The number of carbonyl (C=O) groups is 1. The fraction of sp³-hybridized carbons (Fsp3) is 0.462. The van der Waals surface area contributed by atoms with Gasteiger partial charge in [-0.1, -0.05) is 0 Å². The Morgan fingerprint density at radius 3 is 2.65 bits per heavy atom. The Labute approximate surface area is 116 Å². The van der Waals surface area contributed by atoms with E-state index < -0.39 is 4.92 Å². The highest BCUT2D eigenvalue weighted by Gasteiger charge is 2.24. The van der Waals surface area contributed by atoms with Crippen LogP contribution >= 0.6 is 0 Å². The van der Waals surface area contributed by atoms with Gasteiger partial charge in [0, 0.05) is 30.8 Å². The number of nitrogens with one attached hydrogen (secondary N) is 1. The Morgan fingerprint density at radius 2 is 2.10 bits per heavy atom. The van der Waals surface area contributed by atoms with E-state index in [9.17, 15) is 14.9 Å². The summed E-state index contributed by atoms with van der Waals surface area (Å²) in [5.74, 6) is -0.178. The molecule has 20 heavy (non-hydrogen) atoms. The first-order chi connectivity index (χ1) is 9.52. The summed E-state index contributed by atoms with van der Waals surface area (Å²) in [6.07, 6.45) is 1.78. The molecular weight excluding hydrogens is 260 g/mol. The molecule has 1 saturated heterocycles. The van der Waals surface area contributed by atoms with Gasteiger partial charge >= 0.3 is 0 Å². The summed E-state index contributed by atoms with van der Waals surface area (Å²) in [5.41, 5.74) is 5.69. The van der Waals surface area contributed by atoms with Gasteiger partial charge in [0.1, 0.15) is 5.69 Å². The van der Waals surface area contributed by atoms with Gasteiger partial charge in [0.25, 0.3) is 11.6 Å². The largest absolute Gasteiger partial charge is 0.393 e. The van der Waals surface area contributed by atoms with Crippen molar-refractivity contribution in [3.8, 4) is 0 Å². The lowest BCUT2D eigenvalue weighted by Gasteiger charge is -2.31. The van der Waals surface area contributed by atoms with E-state index in [2.05, 4.69) is 5.32 Å². The van der Waals surface area contributed by atoms with Crippen LogP contribution in [-0.2, 0) is 0 Å². The Kier molecular flexibility index (Phi) is 4.19. The van der Waals surface area contributed by atoms with Crippen LogP contribution in [0.5, 0.6) is 0 Å². The van der Waals surface area contributed by atoms with Gasteiger partial charge in [-0.3, -0.25) is 14.9 Å². The lowest BCUT2D eigenvalue weighted by Crippen LogP contribution is -2.43. The molecule has 0 aliphatic carbocycles. The van der Waals surface area contributed by atoms with E-state index in [4.69, 9.17) is 5.73 Å². The van der Waals surface area contributed by atoms with Crippen LogP contribution in [0.15, 0.2) is 18.2 Å². The summed E-state index contributed by atoms with van der Waals surface area (Å²) in [6, 6.07) is 4.63. The number of amides is 1. The van der Waals surface area contributed by atoms with E-state index in [1.807, 2.05) is 7.05 Å². The number of anilines is 1. The summed E-state index contributed by atoms with van der Waals surface area (Å²) in [5, 5.41) is 14.0. The second-order valence-corrected chi connectivity index (χ2v) is 4.89. The number of benzene rings is 1. The van der Waals surface area contributed by atoms with Gasteiger partial charge in [0.15, 0.2) is 0 Å². The summed E-state index contributed by atoms with van der Waals surface area (Å²) in [6.45, 7) is 1.31. The fourth-order valence-electron chi connectivity index (χ4n) is 2.39. The van der Waals surface area contributed by atoms with Crippen molar-refractivity contribution in [1.29, 1.82) is 0 Å². The van der Waals surface area contributed by atoms with Gasteiger partial charge in [-0.05, 0) is 32.0 Å². The maximum Gasteiger partial charge on any atom is 0.292 e. The molecule has 0 spiro atoms. The molecule has 7 nitrogen and oxygen atoms in total. The molecule has 1 aromatic carbocycles. The molecule has 0 bridgehead atoms. The fourth-order valence-corrected chi connectivity index (χ4v) is 2.39. The van der Waals surface area contributed by atoms with E-state index >= 15 is 0 Å². The first kappa shape index (κ1) is 14.3. The predicted octanol–water partition coefficient (Wildman–Crippen LogP) is 1.00. The molecule has 0 aromatic heterocycles. The average Bonchev–Trinajstić information content (AvgIpc) is 2.47. The standard InChI is InChI=1S/C13H18N4O3/c1-15-10-4-6-16(7-5-10)13(18)9-2-3-11(14)12(8-9)17(19)20/h2-3,8,10,15H,4-7,14H2,1H3. The van der Waals surface area contributed by atoms with E-state index in [1.165, 1.54) is 18.2 Å². The zero-order valence-electron chi connectivity index (χ0n) is 11.3. The van der Waals surface area contributed by atoms with Crippen LogP contribution in [0, 0.1) is 10.1 Å². The maximum absolute atomic E-state index is 12.3. The normalized spacial score (nSPS) is 16.1. The summed E-state index contributed by atoms with van der Waals surface area (Å²) in [4.78, 5) is 24.3. The number of rotatable bonds is 3. The number of carbonyl (C=O) groups excluding carboxylic acids is 1. The molecule has 7 heteroatoms. The smallest absolute Gasteiger partial charge is 0.292 e. The van der Waals surface area contributed by atoms with Crippen LogP contribution in [0.25, 0.3) is 0 Å². The summed E-state index contributed by atoms with van der Waals surface area (Å²) < 4.78 is 0. The van der Waals surface area contributed by atoms with Crippen molar-refractivity contribution in [2.75, 3.05) is 25.9 Å². The summed E-state index contributed by atoms with van der Waals surface area (Å²) in [7, 11) is 1.91. The molecular formula is C13H18N4O3. The zero-order chi connectivity index (χ0) is 14.7. The predicted molar refractivity (Wildman–Crippen MR) is 75.5 cm³/mol. The highest BCUT2D eigenvalue weighted by Crippen LogP contribution is 2.23. The van der Waals surface area contributed by atoms with Crippen molar-refractivity contribution >= 4 is 17.3 Å². The van der Waals surface area contributed by atoms with E-state index in [0.717, 1.165) is 12.8 Å². The lowest BCUT2D eigenvalue weighted by molar-refractivity contribution is -0.383. The molecule has 2 rings (SSSR count). The zero-order valence-corrected chi connectivity index (χ0v) is 11.3. The second kappa shape index (κ2) is 5.87. The molecule has 0 saturated carbocycles. The molecule has 0 atom stereocenters. The highest BCUT2D eigenvalue weighted by molar-refractivity contribution is 5.95. The van der Waals surface area contributed by atoms with Crippen molar-refractivity contribution in [1.82, 2.24) is 10.2 Å². The Bertz CT molecular complexity index is 524. The molecule has 1 fully saturated rings. The Morgan fingerprint density at radius 1 is 1.45 bits per heavy atom. The van der Waals surface area contributed by atoms with E-state index in [-0.39, 0.29) is 17.3 Å². The van der Waals surface area contributed by atoms with Gasteiger partial charge in [0.2, 0.25) is 0 Å². The minimum absolute atomic E-state index is 0.0699. The third-order valence-corrected chi connectivity index (χ3v) is 3.66. The number of piperidine rings is 1. The van der Waals surface area contributed by atoms with Gasteiger partial charge in [-0.15, -0.1) is 0 Å². The molecule has 3 N–H and O–H groups in total. The van der Waals surface area contributed by atoms with Crippen molar-refractivity contribution in [3.63, 3.8) is 0 Å². The SMILES string of the molecule is CNC1CCN(C(=O)c2ccc(N)c([N+](=O)[O-])c2)CC1. The first-order valence-electron chi connectivity index (χ1n) is 6.53. The minimum Gasteiger partial charge on any atom is -0.393 e. The van der Waals surface area contributed by atoms with Gasteiger partial charge < -0.3 is 16.0 Å². The summed E-state index contributed by atoms with van der Waals surface area (Å²) >= 11 is 0. The molecule has 1 amide bonds. The second-order valence-electron chi connectivity index (χ2n) is 4.89. The molecule has 1 aromatic rings. The number of nitro benzene ring substituents is 1. The van der Waals surface area contributed by atoms with Crippen LogP contribution < -0.4 is 11.1 Å². The van der Waals surface area contributed by atoms with E-state index in [0.29, 0.717) is 24.7 Å². The number of nitro groups is 1. The number of likely N-dealkylation sites (tertiary alicyclic amines) is 1. The molecule has 1 heterocycles. The monoisotopic (exact) mass is 278 g/mol. The third kappa shape index (κ3) is 2.88. The highest BCUT2D eigenvalue weighted by atomic mass is 16.6. The van der Waals surface area contributed by atoms with Crippen LogP contribution in [0.1, 0.15) is 23.2 Å². The molecule has 108 valence electrons. The number of hydrogen-bond donors (Lipinski definition) is 2. The number of nitrogens with two attached hydrogens (primary N) is 1. The topological polar surface area (TPSA) is 102 Å². The maximum atomic E-state index is 12.3.